The lowest BCUT2D eigenvalue weighted by Gasteiger charge is -2.17. The summed E-state index contributed by atoms with van der Waals surface area (Å²) in [5, 5.41) is 4.32. The SMILES string of the molecule is CCC(NCc1cncc(Br)c1)c1ccc(Cl)cc1. The lowest BCUT2D eigenvalue weighted by Crippen LogP contribution is -2.20. The smallest absolute Gasteiger partial charge is 0.0410 e. The van der Waals surface area contributed by atoms with E-state index in [9.17, 15) is 0 Å². The minimum absolute atomic E-state index is 0.330. The molecule has 0 aliphatic heterocycles. The Labute approximate surface area is 127 Å². The predicted molar refractivity (Wildman–Crippen MR) is 83.3 cm³/mol. The van der Waals surface area contributed by atoms with Crippen LogP contribution in [-0.4, -0.2) is 4.98 Å². The molecule has 0 saturated heterocycles. The fourth-order valence-electron chi connectivity index (χ4n) is 1.99. The molecule has 2 aromatic rings. The van der Waals surface area contributed by atoms with Gasteiger partial charge in [-0.3, -0.25) is 4.98 Å². The van der Waals surface area contributed by atoms with E-state index in [0.717, 1.165) is 22.5 Å². The molecule has 1 atom stereocenters. The van der Waals surface area contributed by atoms with Crippen molar-refractivity contribution < 1.29 is 0 Å². The highest BCUT2D eigenvalue weighted by molar-refractivity contribution is 9.10. The van der Waals surface area contributed by atoms with Crippen molar-refractivity contribution in [3.8, 4) is 0 Å². The summed E-state index contributed by atoms with van der Waals surface area (Å²) in [6.07, 6.45) is 4.70. The van der Waals surface area contributed by atoms with Gasteiger partial charge >= 0.3 is 0 Å². The summed E-state index contributed by atoms with van der Waals surface area (Å²) in [6.45, 7) is 2.97. The first-order valence-corrected chi connectivity index (χ1v) is 7.44. The van der Waals surface area contributed by atoms with Gasteiger partial charge in [-0.05, 0) is 51.7 Å². The number of hydrogen-bond donors (Lipinski definition) is 1. The van der Waals surface area contributed by atoms with Crippen LogP contribution in [0.1, 0.15) is 30.5 Å². The fraction of sp³-hybridized carbons (Fsp3) is 0.267. The van der Waals surface area contributed by atoms with Crippen molar-refractivity contribution in [2.45, 2.75) is 25.9 Å². The maximum atomic E-state index is 5.92. The summed E-state index contributed by atoms with van der Waals surface area (Å²) in [6, 6.07) is 10.4. The van der Waals surface area contributed by atoms with Gasteiger partial charge in [0.15, 0.2) is 0 Å². The summed E-state index contributed by atoms with van der Waals surface area (Å²) in [5.41, 5.74) is 2.43. The monoisotopic (exact) mass is 338 g/mol. The molecular formula is C15H16BrClN2. The lowest BCUT2D eigenvalue weighted by atomic mass is 10.0. The van der Waals surface area contributed by atoms with Crippen molar-refractivity contribution >= 4 is 27.5 Å². The summed E-state index contributed by atoms with van der Waals surface area (Å²) < 4.78 is 1.01. The quantitative estimate of drug-likeness (QED) is 0.851. The molecule has 0 bridgehead atoms. The summed E-state index contributed by atoms with van der Waals surface area (Å²) in [5.74, 6) is 0. The van der Waals surface area contributed by atoms with Gasteiger partial charge in [0.05, 0.1) is 0 Å². The number of halogens is 2. The van der Waals surface area contributed by atoms with Crippen molar-refractivity contribution in [3.05, 3.63) is 63.3 Å². The van der Waals surface area contributed by atoms with Crippen molar-refractivity contribution in [2.24, 2.45) is 0 Å². The molecule has 0 spiro atoms. The fourth-order valence-corrected chi connectivity index (χ4v) is 2.52. The predicted octanol–water partition coefficient (Wildman–Crippen LogP) is 4.74. The number of benzene rings is 1. The van der Waals surface area contributed by atoms with Crippen LogP contribution >= 0.6 is 27.5 Å². The van der Waals surface area contributed by atoms with Crippen molar-refractivity contribution in [3.63, 3.8) is 0 Å². The van der Waals surface area contributed by atoms with E-state index in [-0.39, 0.29) is 0 Å². The molecule has 0 aliphatic carbocycles. The molecule has 1 aromatic carbocycles. The van der Waals surface area contributed by atoms with Crippen LogP contribution in [0.4, 0.5) is 0 Å². The highest BCUT2D eigenvalue weighted by Gasteiger charge is 2.08. The minimum Gasteiger partial charge on any atom is -0.306 e. The van der Waals surface area contributed by atoms with Crippen LogP contribution in [0.2, 0.25) is 5.02 Å². The minimum atomic E-state index is 0.330. The molecule has 0 amide bonds. The molecule has 2 nitrogen and oxygen atoms in total. The Hall–Kier alpha value is -0.900. The third-order valence-electron chi connectivity index (χ3n) is 2.99. The molecule has 0 radical (unpaired) electrons. The molecule has 1 unspecified atom stereocenters. The van der Waals surface area contributed by atoms with Crippen molar-refractivity contribution in [1.82, 2.24) is 10.3 Å². The van der Waals surface area contributed by atoms with E-state index in [1.807, 2.05) is 18.3 Å². The highest BCUT2D eigenvalue weighted by Crippen LogP contribution is 2.20. The van der Waals surface area contributed by atoms with Crippen LogP contribution in [0.25, 0.3) is 0 Å². The maximum Gasteiger partial charge on any atom is 0.0410 e. The number of aromatic nitrogens is 1. The zero-order valence-electron chi connectivity index (χ0n) is 10.7. The van der Waals surface area contributed by atoms with E-state index in [1.165, 1.54) is 11.1 Å². The Morgan fingerprint density at radius 3 is 2.63 bits per heavy atom. The van der Waals surface area contributed by atoms with Gasteiger partial charge in [0.2, 0.25) is 0 Å². The molecule has 100 valence electrons. The molecule has 1 heterocycles. The summed E-state index contributed by atoms with van der Waals surface area (Å²) >= 11 is 9.35. The van der Waals surface area contributed by atoms with Gasteiger partial charge < -0.3 is 5.32 Å². The van der Waals surface area contributed by atoms with E-state index in [2.05, 4.69) is 51.4 Å². The number of pyridine rings is 1. The van der Waals surface area contributed by atoms with Gasteiger partial charge in [0.1, 0.15) is 0 Å². The van der Waals surface area contributed by atoms with Gasteiger partial charge in [0, 0.05) is 34.5 Å². The normalized spacial score (nSPS) is 12.4. The second-order valence-corrected chi connectivity index (χ2v) is 5.76. The first kappa shape index (κ1) is 14.5. The largest absolute Gasteiger partial charge is 0.306 e. The summed E-state index contributed by atoms with van der Waals surface area (Å²) in [4.78, 5) is 4.17. The van der Waals surface area contributed by atoms with Crippen molar-refractivity contribution in [2.75, 3.05) is 0 Å². The van der Waals surface area contributed by atoms with Crippen molar-refractivity contribution in [1.29, 1.82) is 0 Å². The van der Waals surface area contributed by atoms with E-state index in [0.29, 0.717) is 6.04 Å². The second kappa shape index (κ2) is 7.04. The summed E-state index contributed by atoms with van der Waals surface area (Å²) in [7, 11) is 0. The Kier molecular flexibility index (Phi) is 5.37. The van der Waals surface area contributed by atoms with Gasteiger partial charge in [-0.15, -0.1) is 0 Å². The molecule has 4 heteroatoms. The Morgan fingerprint density at radius 1 is 1.26 bits per heavy atom. The molecule has 19 heavy (non-hydrogen) atoms. The topological polar surface area (TPSA) is 24.9 Å². The average Bonchev–Trinajstić information content (AvgIpc) is 2.41. The highest BCUT2D eigenvalue weighted by atomic mass is 79.9. The molecule has 1 aromatic heterocycles. The molecule has 1 N–H and O–H groups in total. The standard InChI is InChI=1S/C15H16BrClN2/c1-2-15(12-3-5-14(17)6-4-12)19-9-11-7-13(16)10-18-8-11/h3-8,10,15,19H,2,9H2,1H3. The first-order valence-electron chi connectivity index (χ1n) is 6.27. The maximum absolute atomic E-state index is 5.92. The van der Waals surface area contributed by atoms with Crippen LogP contribution in [0.15, 0.2) is 47.2 Å². The van der Waals surface area contributed by atoms with Gasteiger partial charge in [-0.2, -0.15) is 0 Å². The lowest BCUT2D eigenvalue weighted by molar-refractivity contribution is 0.518. The molecule has 0 aliphatic rings. The van der Waals surface area contributed by atoms with Crippen LogP contribution in [-0.2, 0) is 6.54 Å². The van der Waals surface area contributed by atoms with Gasteiger partial charge in [-0.25, -0.2) is 0 Å². The Balaban J connectivity index is 2.01. The zero-order chi connectivity index (χ0) is 13.7. The third kappa shape index (κ3) is 4.30. The number of rotatable bonds is 5. The third-order valence-corrected chi connectivity index (χ3v) is 3.68. The average molecular weight is 340 g/mol. The van der Waals surface area contributed by atoms with E-state index in [1.54, 1.807) is 6.20 Å². The van der Waals surface area contributed by atoms with Crippen LogP contribution in [0.3, 0.4) is 0 Å². The second-order valence-electron chi connectivity index (χ2n) is 4.40. The van der Waals surface area contributed by atoms with Gasteiger partial charge in [0.25, 0.3) is 0 Å². The van der Waals surface area contributed by atoms with Crippen LogP contribution in [0.5, 0.6) is 0 Å². The number of nitrogens with one attached hydrogen (secondary N) is 1. The van der Waals surface area contributed by atoms with Crippen LogP contribution in [0, 0.1) is 0 Å². The number of nitrogens with zero attached hydrogens (tertiary/aromatic N) is 1. The van der Waals surface area contributed by atoms with E-state index < -0.39 is 0 Å². The zero-order valence-corrected chi connectivity index (χ0v) is 13.1. The Bertz CT molecular complexity index is 528. The molecule has 0 saturated carbocycles. The Morgan fingerprint density at radius 2 is 2.00 bits per heavy atom. The first-order chi connectivity index (χ1) is 9.19. The van der Waals surface area contributed by atoms with E-state index >= 15 is 0 Å². The molecule has 2 rings (SSSR count). The van der Waals surface area contributed by atoms with E-state index in [4.69, 9.17) is 11.6 Å². The number of hydrogen-bond acceptors (Lipinski definition) is 2. The molecule has 0 fully saturated rings. The van der Waals surface area contributed by atoms with Gasteiger partial charge in [-0.1, -0.05) is 30.7 Å². The van der Waals surface area contributed by atoms with Crippen LogP contribution < -0.4 is 5.32 Å². The molecular weight excluding hydrogens is 324 g/mol.